The number of carbonyl (C=O) groups is 1. The summed E-state index contributed by atoms with van der Waals surface area (Å²) >= 11 is 0. The van der Waals surface area contributed by atoms with Gasteiger partial charge in [0, 0.05) is 11.8 Å². The van der Waals surface area contributed by atoms with Crippen molar-refractivity contribution in [2.45, 2.75) is 11.8 Å². The molecule has 0 atom stereocenters. The zero-order valence-electron chi connectivity index (χ0n) is 16.8. The molecule has 1 N–H and O–H groups in total. The zero-order chi connectivity index (χ0) is 22.6. The minimum absolute atomic E-state index is 0.00137. The van der Waals surface area contributed by atoms with Crippen LogP contribution in [0, 0.1) is 18.6 Å². The molecular formula is C22H20F2N2O4S. The number of halogens is 2. The van der Waals surface area contributed by atoms with E-state index in [-0.39, 0.29) is 16.3 Å². The summed E-state index contributed by atoms with van der Waals surface area (Å²) in [5.74, 6) is -1.99. The lowest BCUT2D eigenvalue weighted by atomic mass is 10.2. The summed E-state index contributed by atoms with van der Waals surface area (Å²) in [6.07, 6.45) is 0. The number of hydrogen-bond donors (Lipinski definition) is 1. The fourth-order valence-corrected chi connectivity index (χ4v) is 4.28. The fraction of sp³-hybridized carbons (Fsp3) is 0.136. The molecule has 0 aliphatic rings. The van der Waals surface area contributed by atoms with Crippen LogP contribution in [0.25, 0.3) is 0 Å². The molecule has 0 saturated heterocycles. The summed E-state index contributed by atoms with van der Waals surface area (Å²) in [4.78, 5) is 12.6. The van der Waals surface area contributed by atoms with E-state index in [1.54, 1.807) is 24.3 Å². The van der Waals surface area contributed by atoms with E-state index in [4.69, 9.17) is 4.74 Å². The molecule has 0 fully saturated rings. The van der Waals surface area contributed by atoms with Crippen molar-refractivity contribution in [2.75, 3.05) is 23.3 Å². The van der Waals surface area contributed by atoms with Crippen molar-refractivity contribution in [3.8, 4) is 5.75 Å². The molecular weight excluding hydrogens is 426 g/mol. The minimum Gasteiger partial charge on any atom is -0.497 e. The maximum atomic E-state index is 13.4. The molecule has 162 valence electrons. The van der Waals surface area contributed by atoms with Crippen molar-refractivity contribution in [1.29, 1.82) is 0 Å². The van der Waals surface area contributed by atoms with Gasteiger partial charge in [0.05, 0.1) is 17.7 Å². The lowest BCUT2D eigenvalue weighted by Crippen LogP contribution is -2.38. The molecule has 0 saturated carbocycles. The Labute approximate surface area is 179 Å². The quantitative estimate of drug-likeness (QED) is 0.593. The standard InChI is InChI=1S/C22H20F2N2O4S/c1-15-3-9-21(10-4-15)31(28,29)26(19-5-7-20(30-2)8-6-19)14-22(27)25-18-12-16(23)11-17(24)13-18/h3-13H,14H2,1-2H3,(H,25,27). The number of carbonyl (C=O) groups excluding carboxylic acids is 1. The number of sulfonamides is 1. The van der Waals surface area contributed by atoms with Gasteiger partial charge >= 0.3 is 0 Å². The van der Waals surface area contributed by atoms with Gasteiger partial charge in [0.1, 0.15) is 23.9 Å². The first-order valence-corrected chi connectivity index (χ1v) is 10.6. The third kappa shape index (κ3) is 5.37. The molecule has 3 aromatic carbocycles. The van der Waals surface area contributed by atoms with Crippen molar-refractivity contribution < 1.29 is 26.7 Å². The van der Waals surface area contributed by atoms with E-state index in [1.807, 2.05) is 6.92 Å². The third-order valence-electron chi connectivity index (χ3n) is 4.40. The van der Waals surface area contributed by atoms with Crippen LogP contribution in [-0.2, 0) is 14.8 Å². The Morgan fingerprint density at radius 1 is 0.968 bits per heavy atom. The number of rotatable bonds is 7. The lowest BCUT2D eigenvalue weighted by Gasteiger charge is -2.24. The highest BCUT2D eigenvalue weighted by Gasteiger charge is 2.27. The second-order valence-electron chi connectivity index (χ2n) is 6.73. The normalized spacial score (nSPS) is 11.1. The summed E-state index contributed by atoms with van der Waals surface area (Å²) in [5, 5.41) is 2.33. The molecule has 0 bridgehead atoms. The number of ether oxygens (including phenoxy) is 1. The van der Waals surface area contributed by atoms with E-state index >= 15 is 0 Å². The highest BCUT2D eigenvalue weighted by atomic mass is 32.2. The van der Waals surface area contributed by atoms with Crippen molar-refractivity contribution in [1.82, 2.24) is 0 Å². The van der Waals surface area contributed by atoms with E-state index in [0.29, 0.717) is 11.8 Å². The van der Waals surface area contributed by atoms with Gasteiger partial charge in [0.25, 0.3) is 10.0 Å². The average molecular weight is 446 g/mol. The number of nitrogens with one attached hydrogen (secondary N) is 1. The van der Waals surface area contributed by atoms with Crippen LogP contribution in [0.1, 0.15) is 5.56 Å². The van der Waals surface area contributed by atoms with E-state index < -0.39 is 34.1 Å². The summed E-state index contributed by atoms with van der Waals surface area (Å²) < 4.78 is 59.4. The molecule has 3 aromatic rings. The van der Waals surface area contributed by atoms with Crippen LogP contribution in [0.15, 0.2) is 71.6 Å². The monoisotopic (exact) mass is 446 g/mol. The molecule has 31 heavy (non-hydrogen) atoms. The lowest BCUT2D eigenvalue weighted by molar-refractivity contribution is -0.114. The fourth-order valence-electron chi connectivity index (χ4n) is 2.86. The van der Waals surface area contributed by atoms with Gasteiger partial charge in [-0.2, -0.15) is 0 Å². The average Bonchev–Trinajstić information content (AvgIpc) is 2.71. The predicted molar refractivity (Wildman–Crippen MR) is 114 cm³/mol. The van der Waals surface area contributed by atoms with Crippen LogP contribution in [0.3, 0.4) is 0 Å². The third-order valence-corrected chi connectivity index (χ3v) is 6.19. The van der Waals surface area contributed by atoms with Crippen LogP contribution in [0.4, 0.5) is 20.2 Å². The molecule has 0 aromatic heterocycles. The first-order chi connectivity index (χ1) is 14.7. The molecule has 0 heterocycles. The molecule has 0 aliphatic heterocycles. The van der Waals surface area contributed by atoms with Crippen LogP contribution in [-0.4, -0.2) is 28.0 Å². The number of hydrogen-bond acceptors (Lipinski definition) is 4. The van der Waals surface area contributed by atoms with Gasteiger partial charge in [-0.3, -0.25) is 9.10 Å². The van der Waals surface area contributed by atoms with E-state index in [2.05, 4.69) is 5.32 Å². The maximum absolute atomic E-state index is 13.4. The Morgan fingerprint density at radius 2 is 1.55 bits per heavy atom. The SMILES string of the molecule is COc1ccc(N(CC(=O)Nc2cc(F)cc(F)c2)S(=O)(=O)c2ccc(C)cc2)cc1. The molecule has 0 aliphatic carbocycles. The van der Waals surface area contributed by atoms with Gasteiger partial charge in [-0.15, -0.1) is 0 Å². The highest BCUT2D eigenvalue weighted by Crippen LogP contribution is 2.26. The first kappa shape index (κ1) is 22.2. The van der Waals surface area contributed by atoms with Crippen LogP contribution < -0.4 is 14.4 Å². The van der Waals surface area contributed by atoms with Crippen molar-refractivity contribution in [2.24, 2.45) is 0 Å². The van der Waals surface area contributed by atoms with Crippen molar-refractivity contribution in [3.05, 3.63) is 83.9 Å². The van der Waals surface area contributed by atoms with Gasteiger partial charge in [-0.1, -0.05) is 17.7 Å². The predicted octanol–water partition coefficient (Wildman–Crippen LogP) is 4.12. The summed E-state index contributed by atoms with van der Waals surface area (Å²) in [5.41, 5.74) is 0.979. The Morgan fingerprint density at radius 3 is 2.10 bits per heavy atom. The molecule has 1 amide bonds. The van der Waals surface area contributed by atoms with E-state index in [9.17, 15) is 22.0 Å². The Balaban J connectivity index is 1.94. The summed E-state index contributed by atoms with van der Waals surface area (Å²) in [6, 6.07) is 14.9. The molecule has 6 nitrogen and oxygen atoms in total. The Hall–Kier alpha value is -3.46. The number of methoxy groups -OCH3 is 1. The largest absolute Gasteiger partial charge is 0.497 e. The van der Waals surface area contributed by atoms with Crippen LogP contribution in [0.2, 0.25) is 0 Å². The van der Waals surface area contributed by atoms with E-state index in [1.165, 1.54) is 31.4 Å². The maximum Gasteiger partial charge on any atom is 0.264 e. The number of anilines is 2. The molecule has 3 rings (SSSR count). The summed E-state index contributed by atoms with van der Waals surface area (Å²) in [7, 11) is -2.64. The van der Waals surface area contributed by atoms with Crippen molar-refractivity contribution >= 4 is 27.3 Å². The van der Waals surface area contributed by atoms with Gasteiger partial charge in [0.15, 0.2) is 0 Å². The smallest absolute Gasteiger partial charge is 0.264 e. The topological polar surface area (TPSA) is 75.7 Å². The summed E-state index contributed by atoms with van der Waals surface area (Å²) in [6.45, 7) is 1.21. The van der Waals surface area contributed by atoms with Gasteiger partial charge in [-0.05, 0) is 55.5 Å². The zero-order valence-corrected chi connectivity index (χ0v) is 17.6. The van der Waals surface area contributed by atoms with Gasteiger partial charge in [-0.25, -0.2) is 17.2 Å². The second-order valence-corrected chi connectivity index (χ2v) is 8.59. The number of nitrogens with zero attached hydrogens (tertiary/aromatic N) is 1. The van der Waals surface area contributed by atoms with E-state index in [0.717, 1.165) is 22.0 Å². The second kappa shape index (κ2) is 9.13. The Kier molecular flexibility index (Phi) is 6.55. The van der Waals surface area contributed by atoms with Crippen molar-refractivity contribution in [3.63, 3.8) is 0 Å². The molecule has 0 spiro atoms. The molecule has 0 unspecified atom stereocenters. The van der Waals surface area contributed by atoms with Gasteiger partial charge < -0.3 is 10.1 Å². The number of aryl methyl sites for hydroxylation is 1. The number of benzene rings is 3. The first-order valence-electron chi connectivity index (χ1n) is 9.18. The highest BCUT2D eigenvalue weighted by molar-refractivity contribution is 7.92. The Bertz CT molecular complexity index is 1160. The van der Waals surface area contributed by atoms with Crippen LogP contribution in [0.5, 0.6) is 5.75 Å². The minimum atomic E-state index is -4.11. The van der Waals surface area contributed by atoms with Gasteiger partial charge in [0.2, 0.25) is 5.91 Å². The number of amides is 1. The van der Waals surface area contributed by atoms with Crippen LogP contribution >= 0.6 is 0 Å². The molecule has 9 heteroatoms. The molecule has 0 radical (unpaired) electrons.